The zero-order valence-electron chi connectivity index (χ0n) is 10.00. The molecule has 98 valence electrons. The van der Waals surface area contributed by atoms with Crippen molar-refractivity contribution in [2.75, 3.05) is 13.7 Å². The van der Waals surface area contributed by atoms with Crippen LogP contribution >= 0.6 is 0 Å². The molecule has 0 radical (unpaired) electrons. The number of nitrogens with one attached hydrogen (secondary N) is 1. The average molecular weight is 251 g/mol. The Morgan fingerprint density at radius 2 is 2.00 bits per heavy atom. The number of carbonyl (C=O) groups is 2. The number of nitrogens with zero attached hydrogens (tertiary/aromatic N) is 1. The summed E-state index contributed by atoms with van der Waals surface area (Å²) >= 11 is 0. The van der Waals surface area contributed by atoms with Gasteiger partial charge in [0, 0.05) is 13.6 Å². The maximum Gasteiger partial charge on any atom is 0.244 e. The van der Waals surface area contributed by atoms with Crippen LogP contribution in [0.4, 0.5) is 4.79 Å². The molecule has 1 aromatic carbocycles. The molecule has 0 bridgehead atoms. The largest absolute Gasteiger partial charge is 0.530 e. The van der Waals surface area contributed by atoms with Gasteiger partial charge in [0.1, 0.15) is 12.1 Å². The van der Waals surface area contributed by atoms with Crippen LogP contribution in [0.5, 0.6) is 0 Å². The normalized spacial score (nSPS) is 11.7. The molecule has 0 saturated heterocycles. The predicted octanol–water partition coefficient (Wildman–Crippen LogP) is -1.06. The van der Waals surface area contributed by atoms with Crippen molar-refractivity contribution in [3.05, 3.63) is 35.9 Å². The van der Waals surface area contributed by atoms with E-state index >= 15 is 0 Å². The van der Waals surface area contributed by atoms with Crippen molar-refractivity contribution in [3.8, 4) is 0 Å². The summed E-state index contributed by atoms with van der Waals surface area (Å²) < 4.78 is 0. The Balaban J connectivity index is 2.88. The maximum atomic E-state index is 11.5. The molecular formula is C12H15N2O4-. The number of carboxylic acid groups (broad SMARTS) is 1. The van der Waals surface area contributed by atoms with Crippen LogP contribution in [0.2, 0.25) is 0 Å². The average Bonchev–Trinajstić information content (AvgIpc) is 2.39. The summed E-state index contributed by atoms with van der Waals surface area (Å²) in [4.78, 5) is 23.3. The Kier molecular flexibility index (Phi) is 5.13. The van der Waals surface area contributed by atoms with Gasteiger partial charge in [0.05, 0.1) is 6.61 Å². The number of amides is 2. The van der Waals surface area contributed by atoms with Gasteiger partial charge in [0.2, 0.25) is 5.91 Å². The number of aliphatic hydroxyl groups is 1. The van der Waals surface area contributed by atoms with Crippen molar-refractivity contribution >= 4 is 12.0 Å². The van der Waals surface area contributed by atoms with Crippen molar-refractivity contribution in [3.63, 3.8) is 0 Å². The molecule has 1 aromatic rings. The molecule has 0 spiro atoms. The third kappa shape index (κ3) is 3.46. The van der Waals surface area contributed by atoms with E-state index in [0.29, 0.717) is 5.56 Å². The molecule has 6 nitrogen and oxygen atoms in total. The minimum Gasteiger partial charge on any atom is -0.530 e. The summed E-state index contributed by atoms with van der Waals surface area (Å²) in [5, 5.41) is 22.5. The van der Waals surface area contributed by atoms with E-state index in [0.717, 1.165) is 4.90 Å². The van der Waals surface area contributed by atoms with Crippen molar-refractivity contribution in [1.29, 1.82) is 0 Å². The minimum atomic E-state index is -1.50. The van der Waals surface area contributed by atoms with Crippen LogP contribution in [-0.2, 0) is 11.3 Å². The number of hydrogen-bond donors (Lipinski definition) is 2. The topological polar surface area (TPSA) is 92.7 Å². The van der Waals surface area contributed by atoms with Crippen molar-refractivity contribution < 1.29 is 19.8 Å². The van der Waals surface area contributed by atoms with Crippen molar-refractivity contribution in [2.24, 2.45) is 0 Å². The van der Waals surface area contributed by atoms with E-state index < -0.39 is 24.6 Å². The highest BCUT2D eigenvalue weighted by Crippen LogP contribution is 2.08. The third-order valence-corrected chi connectivity index (χ3v) is 2.53. The highest BCUT2D eigenvalue weighted by Gasteiger charge is 2.24. The standard InChI is InChI=1S/C12H16N2O4/c1-13-11(16)10(8-15)14(12(17)18)7-9-5-3-2-4-6-9/h2-6,10,15H,7-8H2,1H3,(H,13,16)(H,17,18)/p-1/t10-/m0/s1. The Hall–Kier alpha value is -2.08. The number of aliphatic hydroxyl groups excluding tert-OH is 1. The molecule has 0 fully saturated rings. The maximum absolute atomic E-state index is 11.5. The molecule has 1 atom stereocenters. The lowest BCUT2D eigenvalue weighted by molar-refractivity contribution is -0.269. The molecule has 0 unspecified atom stereocenters. The molecule has 2 amide bonds. The molecule has 0 aliphatic rings. The fourth-order valence-electron chi connectivity index (χ4n) is 1.57. The third-order valence-electron chi connectivity index (χ3n) is 2.53. The van der Waals surface area contributed by atoms with Gasteiger partial charge in [-0.3, -0.25) is 4.79 Å². The highest BCUT2D eigenvalue weighted by molar-refractivity contribution is 5.84. The van der Waals surface area contributed by atoms with Gasteiger partial charge in [-0.1, -0.05) is 30.3 Å². The molecule has 2 N–H and O–H groups in total. The van der Waals surface area contributed by atoms with Crippen LogP contribution in [0.1, 0.15) is 5.56 Å². The van der Waals surface area contributed by atoms with E-state index in [-0.39, 0.29) is 6.54 Å². The Bertz CT molecular complexity index is 408. The van der Waals surface area contributed by atoms with Gasteiger partial charge < -0.3 is 25.2 Å². The fraction of sp³-hybridized carbons (Fsp3) is 0.333. The van der Waals surface area contributed by atoms with Gasteiger partial charge in [-0.2, -0.15) is 0 Å². The first-order valence-corrected chi connectivity index (χ1v) is 5.44. The van der Waals surface area contributed by atoms with Gasteiger partial charge in [-0.15, -0.1) is 0 Å². The van der Waals surface area contributed by atoms with Crippen LogP contribution in [0, 0.1) is 0 Å². The zero-order valence-corrected chi connectivity index (χ0v) is 10.00. The number of rotatable bonds is 5. The van der Waals surface area contributed by atoms with Crippen LogP contribution in [0.25, 0.3) is 0 Å². The van der Waals surface area contributed by atoms with Gasteiger partial charge >= 0.3 is 0 Å². The lowest BCUT2D eigenvalue weighted by atomic mass is 10.1. The van der Waals surface area contributed by atoms with Gasteiger partial charge in [0.15, 0.2) is 0 Å². The first kappa shape index (κ1) is 14.0. The summed E-state index contributed by atoms with van der Waals surface area (Å²) in [6.07, 6.45) is -1.50. The van der Waals surface area contributed by atoms with E-state index in [1.165, 1.54) is 7.05 Å². The van der Waals surface area contributed by atoms with Crippen molar-refractivity contribution in [1.82, 2.24) is 10.2 Å². The molecule has 6 heteroatoms. The second-order valence-corrected chi connectivity index (χ2v) is 3.69. The Morgan fingerprint density at radius 1 is 1.39 bits per heavy atom. The summed E-state index contributed by atoms with van der Waals surface area (Å²) in [6, 6.07) is 7.62. The molecule has 1 rings (SSSR count). The lowest BCUT2D eigenvalue weighted by Gasteiger charge is -2.31. The van der Waals surface area contributed by atoms with E-state index in [1.54, 1.807) is 30.3 Å². The smallest absolute Gasteiger partial charge is 0.244 e. The minimum absolute atomic E-state index is 0.0121. The number of carbonyl (C=O) groups excluding carboxylic acids is 2. The zero-order chi connectivity index (χ0) is 13.5. The molecule has 0 aromatic heterocycles. The van der Waals surface area contributed by atoms with Crippen molar-refractivity contribution in [2.45, 2.75) is 12.6 Å². The van der Waals surface area contributed by atoms with E-state index in [1.807, 2.05) is 0 Å². The van der Waals surface area contributed by atoms with Crippen LogP contribution in [-0.4, -0.2) is 41.7 Å². The van der Waals surface area contributed by atoms with E-state index in [2.05, 4.69) is 5.32 Å². The molecule has 0 aliphatic heterocycles. The van der Waals surface area contributed by atoms with E-state index in [9.17, 15) is 14.7 Å². The van der Waals surface area contributed by atoms with E-state index in [4.69, 9.17) is 5.11 Å². The summed E-state index contributed by atoms with van der Waals surface area (Å²) in [7, 11) is 1.38. The monoisotopic (exact) mass is 251 g/mol. The first-order chi connectivity index (χ1) is 8.60. The summed E-state index contributed by atoms with van der Waals surface area (Å²) in [6.45, 7) is -0.609. The van der Waals surface area contributed by atoms with Crippen LogP contribution < -0.4 is 10.4 Å². The molecule has 0 saturated carbocycles. The summed E-state index contributed by atoms with van der Waals surface area (Å²) in [5.74, 6) is -0.572. The van der Waals surface area contributed by atoms with Gasteiger partial charge in [-0.05, 0) is 5.56 Å². The molecular weight excluding hydrogens is 236 g/mol. The van der Waals surface area contributed by atoms with Gasteiger partial charge in [-0.25, -0.2) is 0 Å². The summed E-state index contributed by atoms with van der Waals surface area (Å²) in [5.41, 5.74) is 0.712. The Morgan fingerprint density at radius 3 is 2.44 bits per heavy atom. The first-order valence-electron chi connectivity index (χ1n) is 5.44. The molecule has 0 heterocycles. The number of likely N-dealkylation sites (N-methyl/N-ethyl adjacent to an activating group) is 1. The second-order valence-electron chi connectivity index (χ2n) is 3.69. The number of hydrogen-bond acceptors (Lipinski definition) is 4. The van der Waals surface area contributed by atoms with Crippen LogP contribution in [0.15, 0.2) is 30.3 Å². The van der Waals surface area contributed by atoms with Gasteiger partial charge in [0.25, 0.3) is 0 Å². The second kappa shape index (κ2) is 6.61. The molecule has 0 aliphatic carbocycles. The Labute approximate surface area is 105 Å². The van der Waals surface area contributed by atoms with Crippen LogP contribution in [0.3, 0.4) is 0 Å². The quantitative estimate of drug-likeness (QED) is 0.697. The molecule has 18 heavy (non-hydrogen) atoms. The predicted molar refractivity (Wildman–Crippen MR) is 62.3 cm³/mol. The SMILES string of the molecule is CNC(=O)[C@H](CO)N(Cc1ccccc1)C(=O)[O-]. The highest BCUT2D eigenvalue weighted by atomic mass is 16.4. The lowest BCUT2D eigenvalue weighted by Crippen LogP contribution is -2.54. The fourth-order valence-corrected chi connectivity index (χ4v) is 1.57. The number of benzene rings is 1.